The molecule has 0 heterocycles. The van der Waals surface area contributed by atoms with E-state index in [-0.39, 0.29) is 1.43 Å². The van der Waals surface area contributed by atoms with Gasteiger partial charge in [0.2, 0.25) is 0 Å². The zero-order valence-corrected chi connectivity index (χ0v) is 2.56. The molecular weight excluding hydrogens is 56.0 g/mol. The summed E-state index contributed by atoms with van der Waals surface area (Å²) in [5.41, 5.74) is 0. The summed E-state index contributed by atoms with van der Waals surface area (Å²) in [6.07, 6.45) is 0. The lowest BCUT2D eigenvalue weighted by molar-refractivity contribution is -0.237. The first-order valence-corrected chi connectivity index (χ1v) is 1.18. The van der Waals surface area contributed by atoms with Crippen LogP contribution in [-0.2, 0) is 4.89 Å². The minimum absolute atomic E-state index is 0. The van der Waals surface area contributed by atoms with Crippen LogP contribution in [-0.4, -0.2) is 11.9 Å². The predicted octanol–water partition coefficient (Wildman–Crippen LogP) is 0.608. The summed E-state index contributed by atoms with van der Waals surface area (Å²) in [4.78, 5) is 3.54. The van der Waals surface area contributed by atoms with E-state index in [1.165, 1.54) is 0 Å². The maximum atomic E-state index is 7.38. The van der Waals surface area contributed by atoms with Gasteiger partial charge < -0.3 is 0 Å². The van der Waals surface area contributed by atoms with Crippen molar-refractivity contribution in [3.8, 4) is 0 Å². The van der Waals surface area contributed by atoms with Crippen molar-refractivity contribution in [3.63, 3.8) is 0 Å². The lowest BCUT2D eigenvalue weighted by Crippen LogP contribution is -1.74. The van der Waals surface area contributed by atoms with E-state index >= 15 is 0 Å². The topological polar surface area (TPSA) is 29.5 Å². The summed E-state index contributed by atoms with van der Waals surface area (Å²) in [6.45, 7) is 2.08. The first-order chi connectivity index (χ1) is 1.91. The molecule has 0 aromatic carbocycles. The third-order valence-electron chi connectivity index (χ3n) is 0.129. The molecule has 0 spiro atoms. The molecule has 0 aliphatic rings. The Morgan fingerprint density at radius 2 is 2.50 bits per heavy atom. The second-order valence-electron chi connectivity index (χ2n) is 0.418. The first-order valence-electron chi connectivity index (χ1n) is 1.18. The van der Waals surface area contributed by atoms with Crippen LogP contribution in [0.5, 0.6) is 0 Å². The first kappa shape index (κ1) is 3.92. The molecule has 0 aliphatic heterocycles. The van der Waals surface area contributed by atoms with Gasteiger partial charge in [0, 0.05) is 0 Å². The van der Waals surface area contributed by atoms with Crippen LogP contribution < -0.4 is 0 Å². The van der Waals surface area contributed by atoms with Gasteiger partial charge in [0.15, 0.2) is 0 Å². The Morgan fingerprint density at radius 3 is 2.50 bits per heavy atom. The van der Waals surface area contributed by atoms with Gasteiger partial charge in [0.25, 0.3) is 0 Å². The zero-order chi connectivity index (χ0) is 3.41. The minimum Gasteiger partial charge on any atom is -0.252 e. The van der Waals surface area contributed by atoms with Crippen LogP contribution >= 0.6 is 0 Å². The van der Waals surface area contributed by atoms with Crippen LogP contribution in [0.25, 0.3) is 0 Å². The molecule has 0 rings (SSSR count). The quantitative estimate of drug-likeness (QED) is 0.357. The molecule has 0 atom stereocenters. The van der Waals surface area contributed by atoms with E-state index in [0.717, 1.165) is 0 Å². The van der Waals surface area contributed by atoms with Gasteiger partial charge in [0.1, 0.15) is 0 Å². The smallest absolute Gasteiger partial charge is 0.252 e. The molecule has 0 saturated heterocycles. The zero-order valence-electron chi connectivity index (χ0n) is 3.56. The van der Waals surface area contributed by atoms with Crippen molar-refractivity contribution in [1.29, 1.82) is 0 Å². The van der Waals surface area contributed by atoms with Crippen molar-refractivity contribution in [3.05, 3.63) is 0 Å². The van der Waals surface area contributed by atoms with Crippen LogP contribution in [0.3, 0.4) is 0 Å². The van der Waals surface area contributed by atoms with Crippen molar-refractivity contribution < 1.29 is 11.6 Å². The molecule has 0 aromatic rings. The van der Waals surface area contributed by atoms with Crippen molar-refractivity contribution in [2.24, 2.45) is 0 Å². The summed E-state index contributed by atoms with van der Waals surface area (Å²) in [7, 11) is 0. The second kappa shape index (κ2) is 2.92. The van der Waals surface area contributed by atoms with Gasteiger partial charge in [-0.05, 0) is 6.92 Å². The summed E-state index contributed by atoms with van der Waals surface area (Å²) in [5, 5.41) is 7.38. The minimum atomic E-state index is 0. The Morgan fingerprint density at radius 1 is 2.25 bits per heavy atom. The second-order valence-corrected chi connectivity index (χ2v) is 0.418. The molecule has 0 radical (unpaired) electrons. The van der Waals surface area contributed by atoms with Crippen LogP contribution in [0.2, 0.25) is 0 Å². The average molecular weight is 63.1 g/mol. The van der Waals surface area contributed by atoms with Crippen LogP contribution in [0.1, 0.15) is 8.35 Å². The number of hydrogen-bond acceptors (Lipinski definition) is 2. The Kier molecular flexibility index (Phi) is 2.86. The molecule has 0 aliphatic carbocycles. The van der Waals surface area contributed by atoms with E-state index in [1.807, 2.05) is 0 Å². The maximum Gasteiger partial charge on any atom is 1.00 e. The fourth-order valence-corrected chi connectivity index (χ4v) is 0. The standard InChI is InChI=1S/C2H6O2/c1-2-4-3/h3H,2H2,1H3/p+1. The van der Waals surface area contributed by atoms with Gasteiger partial charge in [-0.1, -0.05) is 0 Å². The lowest BCUT2D eigenvalue weighted by atomic mass is 10.9. The van der Waals surface area contributed by atoms with Crippen LogP contribution in [0, 0.1) is 0 Å². The fraction of sp³-hybridized carbons (Fsp3) is 1.00. The highest BCUT2D eigenvalue weighted by Gasteiger charge is 1.54. The molecule has 26 valence electrons. The molecule has 0 saturated carbocycles. The molecule has 4 heavy (non-hydrogen) atoms. The molecule has 0 amide bonds. The molecular formula is C2H7O2+. The van der Waals surface area contributed by atoms with Gasteiger partial charge in [0.05, 0.1) is 6.61 Å². The fourth-order valence-electron chi connectivity index (χ4n) is 0. The summed E-state index contributed by atoms with van der Waals surface area (Å²) >= 11 is 0. The van der Waals surface area contributed by atoms with E-state index in [0.29, 0.717) is 6.61 Å². The number of hydrogen-bond donors (Lipinski definition) is 1. The van der Waals surface area contributed by atoms with E-state index in [2.05, 4.69) is 4.89 Å². The van der Waals surface area contributed by atoms with Gasteiger partial charge in [-0.15, -0.1) is 0 Å². The molecule has 0 fully saturated rings. The monoisotopic (exact) mass is 63.0 g/mol. The van der Waals surface area contributed by atoms with Gasteiger partial charge in [-0.3, -0.25) is 5.26 Å². The third-order valence-corrected chi connectivity index (χ3v) is 0.129. The highest BCUT2D eigenvalue weighted by atomic mass is 17.1. The van der Waals surface area contributed by atoms with Gasteiger partial charge >= 0.3 is 1.43 Å². The third kappa shape index (κ3) is 1.92. The van der Waals surface area contributed by atoms with E-state index < -0.39 is 0 Å². The van der Waals surface area contributed by atoms with Crippen LogP contribution in [0.15, 0.2) is 0 Å². The van der Waals surface area contributed by atoms with Crippen LogP contribution in [0.4, 0.5) is 0 Å². The average Bonchev–Trinajstić information content (AvgIpc) is 1.37. The molecule has 0 aromatic heterocycles. The lowest BCUT2D eigenvalue weighted by Gasteiger charge is -1.73. The highest BCUT2D eigenvalue weighted by Crippen LogP contribution is 1.51. The Balaban J connectivity index is 0. The number of rotatable bonds is 1. The van der Waals surface area contributed by atoms with Crippen molar-refractivity contribution in [2.45, 2.75) is 6.92 Å². The Labute approximate surface area is 26.4 Å². The summed E-state index contributed by atoms with van der Waals surface area (Å²) < 4.78 is 0. The Bertz CT molecular complexity index is 9.61. The maximum absolute atomic E-state index is 7.38. The molecule has 0 bridgehead atoms. The molecule has 1 N–H and O–H groups in total. The molecule has 2 nitrogen and oxygen atoms in total. The predicted molar refractivity (Wildman–Crippen MR) is 15.4 cm³/mol. The van der Waals surface area contributed by atoms with Crippen molar-refractivity contribution in [1.82, 2.24) is 0 Å². The van der Waals surface area contributed by atoms with Gasteiger partial charge in [-0.25, -0.2) is 4.89 Å². The Hall–Kier alpha value is -0.0800. The van der Waals surface area contributed by atoms with Crippen molar-refractivity contribution in [2.75, 3.05) is 6.61 Å². The van der Waals surface area contributed by atoms with E-state index in [4.69, 9.17) is 5.26 Å². The molecule has 0 unspecified atom stereocenters. The molecule has 2 heteroatoms. The summed E-state index contributed by atoms with van der Waals surface area (Å²) in [6, 6.07) is 0. The van der Waals surface area contributed by atoms with Gasteiger partial charge in [-0.2, -0.15) is 0 Å². The normalized spacial score (nSPS) is 7.50. The SMILES string of the molecule is CCOO.[H+]. The van der Waals surface area contributed by atoms with E-state index in [9.17, 15) is 0 Å². The van der Waals surface area contributed by atoms with Crippen molar-refractivity contribution >= 4 is 0 Å². The largest absolute Gasteiger partial charge is 1.00 e. The summed E-state index contributed by atoms with van der Waals surface area (Å²) in [5.74, 6) is 0. The van der Waals surface area contributed by atoms with E-state index in [1.54, 1.807) is 6.92 Å². The highest BCUT2D eigenvalue weighted by molar-refractivity contribution is 3.88.